The number of hydrogen-bond donors (Lipinski definition) is 0. The molecule has 0 saturated heterocycles. The van der Waals surface area contributed by atoms with Crippen molar-refractivity contribution in [2.45, 2.75) is 26.2 Å². The molecule has 5 rings (SSSR count). The third-order valence-electron chi connectivity index (χ3n) is 5.49. The summed E-state index contributed by atoms with van der Waals surface area (Å²) in [4.78, 5) is 4.67. The van der Waals surface area contributed by atoms with Crippen LogP contribution in [-0.2, 0) is 5.41 Å². The zero-order valence-electron chi connectivity index (χ0n) is 17.2. The Hall–Kier alpha value is -3.17. The molecule has 0 aliphatic rings. The number of benzene rings is 3. The fourth-order valence-electron chi connectivity index (χ4n) is 3.86. The standard InChI is InChI=1S/C26H22ClN3/c1-26(2,3)18-9-12-20(13-10-18)30-25-21-14-11-19(27)15-23(21)28-16-22(25)24(29-30)17-7-5-4-6-8-17/h4-16H,1-3H3. The number of fused-ring (bicyclic) bond motifs is 3. The molecular formula is C26H22ClN3. The monoisotopic (exact) mass is 411 g/mol. The van der Waals surface area contributed by atoms with Crippen LogP contribution < -0.4 is 0 Å². The van der Waals surface area contributed by atoms with E-state index in [2.05, 4.69) is 62.2 Å². The van der Waals surface area contributed by atoms with Crippen LogP contribution in [-0.4, -0.2) is 14.8 Å². The Morgan fingerprint density at radius 3 is 2.27 bits per heavy atom. The Morgan fingerprint density at radius 1 is 0.833 bits per heavy atom. The molecule has 3 aromatic carbocycles. The van der Waals surface area contributed by atoms with Gasteiger partial charge in [-0.3, -0.25) is 4.98 Å². The van der Waals surface area contributed by atoms with E-state index in [4.69, 9.17) is 16.7 Å². The SMILES string of the molecule is CC(C)(C)c1ccc(-n2nc(-c3ccccc3)c3cnc4cc(Cl)ccc4c32)cc1. The maximum absolute atomic E-state index is 6.23. The molecule has 148 valence electrons. The van der Waals surface area contributed by atoms with E-state index in [1.54, 1.807) is 0 Å². The second kappa shape index (κ2) is 6.96. The summed E-state index contributed by atoms with van der Waals surface area (Å²) in [5.74, 6) is 0. The van der Waals surface area contributed by atoms with Gasteiger partial charge in [0, 0.05) is 27.6 Å². The third kappa shape index (κ3) is 3.16. The molecule has 0 bridgehead atoms. The average Bonchev–Trinajstić information content (AvgIpc) is 3.13. The average molecular weight is 412 g/mol. The minimum absolute atomic E-state index is 0.104. The molecule has 0 amide bonds. The zero-order valence-corrected chi connectivity index (χ0v) is 18.0. The molecule has 0 unspecified atom stereocenters. The first-order valence-corrected chi connectivity index (χ1v) is 10.4. The lowest BCUT2D eigenvalue weighted by Crippen LogP contribution is -2.11. The molecule has 3 nitrogen and oxygen atoms in total. The Morgan fingerprint density at radius 2 is 1.57 bits per heavy atom. The van der Waals surface area contributed by atoms with Gasteiger partial charge in [-0.05, 0) is 41.3 Å². The molecule has 0 N–H and O–H groups in total. The van der Waals surface area contributed by atoms with Gasteiger partial charge in [0.15, 0.2) is 0 Å². The summed E-state index contributed by atoms with van der Waals surface area (Å²) in [6, 6.07) is 24.8. The molecule has 2 heterocycles. The number of nitrogens with zero attached hydrogens (tertiary/aromatic N) is 3. The topological polar surface area (TPSA) is 30.7 Å². The highest BCUT2D eigenvalue weighted by Gasteiger charge is 2.18. The lowest BCUT2D eigenvalue weighted by molar-refractivity contribution is 0.590. The van der Waals surface area contributed by atoms with E-state index in [0.29, 0.717) is 5.02 Å². The second-order valence-corrected chi connectivity index (χ2v) is 9.04. The minimum atomic E-state index is 0.104. The number of rotatable bonds is 2. The molecule has 0 aliphatic carbocycles. The van der Waals surface area contributed by atoms with Crippen molar-refractivity contribution in [1.82, 2.24) is 14.8 Å². The molecule has 0 saturated carbocycles. The normalized spacial score (nSPS) is 12.0. The van der Waals surface area contributed by atoms with E-state index >= 15 is 0 Å². The van der Waals surface area contributed by atoms with Crippen LogP contribution in [0, 0.1) is 0 Å². The van der Waals surface area contributed by atoms with Gasteiger partial charge in [-0.1, -0.05) is 74.8 Å². The van der Waals surface area contributed by atoms with Crippen molar-refractivity contribution in [3.63, 3.8) is 0 Å². The van der Waals surface area contributed by atoms with Crippen molar-refractivity contribution in [2.24, 2.45) is 0 Å². The lowest BCUT2D eigenvalue weighted by atomic mass is 9.87. The zero-order chi connectivity index (χ0) is 20.9. The summed E-state index contributed by atoms with van der Waals surface area (Å²) >= 11 is 6.23. The van der Waals surface area contributed by atoms with Gasteiger partial charge < -0.3 is 0 Å². The van der Waals surface area contributed by atoms with E-state index in [-0.39, 0.29) is 5.41 Å². The summed E-state index contributed by atoms with van der Waals surface area (Å²) in [5, 5.41) is 7.77. The summed E-state index contributed by atoms with van der Waals surface area (Å²) in [7, 11) is 0. The van der Waals surface area contributed by atoms with Crippen molar-refractivity contribution in [3.05, 3.63) is 89.6 Å². The van der Waals surface area contributed by atoms with Gasteiger partial charge in [0.1, 0.15) is 5.69 Å². The highest BCUT2D eigenvalue weighted by atomic mass is 35.5. The quantitative estimate of drug-likeness (QED) is 0.307. The van der Waals surface area contributed by atoms with Crippen LogP contribution in [0.25, 0.3) is 38.8 Å². The Labute approximate surface area is 180 Å². The molecule has 30 heavy (non-hydrogen) atoms. The van der Waals surface area contributed by atoms with Gasteiger partial charge in [0.05, 0.1) is 16.7 Å². The fourth-order valence-corrected chi connectivity index (χ4v) is 4.02. The maximum Gasteiger partial charge on any atom is 0.102 e. The largest absolute Gasteiger partial charge is 0.255 e. The smallest absolute Gasteiger partial charge is 0.102 e. The highest BCUT2D eigenvalue weighted by molar-refractivity contribution is 6.31. The predicted octanol–water partition coefficient (Wildman–Crippen LogP) is 7.19. The summed E-state index contributed by atoms with van der Waals surface area (Å²) in [5.41, 5.74) is 6.33. The van der Waals surface area contributed by atoms with E-state index in [0.717, 1.165) is 38.8 Å². The first-order chi connectivity index (χ1) is 14.4. The van der Waals surface area contributed by atoms with Crippen LogP contribution in [0.1, 0.15) is 26.3 Å². The molecule has 0 atom stereocenters. The summed E-state index contributed by atoms with van der Waals surface area (Å²) in [6.07, 6.45) is 1.91. The molecule has 0 spiro atoms. The molecule has 0 fully saturated rings. The number of hydrogen-bond acceptors (Lipinski definition) is 2. The first kappa shape index (κ1) is 18.8. The number of halogens is 1. The number of pyridine rings is 1. The van der Waals surface area contributed by atoms with Crippen LogP contribution in [0.15, 0.2) is 79.0 Å². The van der Waals surface area contributed by atoms with Crippen LogP contribution in [0.3, 0.4) is 0 Å². The van der Waals surface area contributed by atoms with Crippen molar-refractivity contribution in [2.75, 3.05) is 0 Å². The van der Waals surface area contributed by atoms with Gasteiger partial charge in [0.2, 0.25) is 0 Å². The first-order valence-electron chi connectivity index (χ1n) is 10.1. The van der Waals surface area contributed by atoms with Gasteiger partial charge in [-0.25, -0.2) is 4.68 Å². The Kier molecular flexibility index (Phi) is 4.37. The van der Waals surface area contributed by atoms with E-state index in [9.17, 15) is 0 Å². The lowest BCUT2D eigenvalue weighted by Gasteiger charge is -2.19. The van der Waals surface area contributed by atoms with Gasteiger partial charge >= 0.3 is 0 Å². The van der Waals surface area contributed by atoms with Crippen LogP contribution in [0.5, 0.6) is 0 Å². The molecule has 0 aliphatic heterocycles. The Balaban J connectivity index is 1.82. The molecular weight excluding hydrogens is 390 g/mol. The van der Waals surface area contributed by atoms with E-state index in [1.165, 1.54) is 5.56 Å². The van der Waals surface area contributed by atoms with Crippen LogP contribution in [0.2, 0.25) is 5.02 Å². The molecule has 5 aromatic rings. The van der Waals surface area contributed by atoms with Gasteiger partial charge in [-0.2, -0.15) is 5.10 Å². The predicted molar refractivity (Wildman–Crippen MR) is 126 cm³/mol. The Bertz CT molecular complexity index is 1360. The van der Waals surface area contributed by atoms with Crippen LogP contribution in [0.4, 0.5) is 0 Å². The minimum Gasteiger partial charge on any atom is -0.255 e. The van der Waals surface area contributed by atoms with Crippen LogP contribution >= 0.6 is 11.6 Å². The fraction of sp³-hybridized carbons (Fsp3) is 0.154. The van der Waals surface area contributed by atoms with Crippen molar-refractivity contribution in [3.8, 4) is 16.9 Å². The molecule has 0 radical (unpaired) electrons. The van der Waals surface area contributed by atoms with E-state index in [1.807, 2.05) is 47.3 Å². The summed E-state index contributed by atoms with van der Waals surface area (Å²) in [6.45, 7) is 6.67. The number of aromatic nitrogens is 3. The molecule has 2 aromatic heterocycles. The van der Waals surface area contributed by atoms with Crippen molar-refractivity contribution in [1.29, 1.82) is 0 Å². The maximum atomic E-state index is 6.23. The molecule has 4 heteroatoms. The van der Waals surface area contributed by atoms with Gasteiger partial charge in [-0.15, -0.1) is 0 Å². The van der Waals surface area contributed by atoms with E-state index < -0.39 is 0 Å². The third-order valence-corrected chi connectivity index (χ3v) is 5.73. The van der Waals surface area contributed by atoms with Gasteiger partial charge in [0.25, 0.3) is 0 Å². The summed E-state index contributed by atoms with van der Waals surface area (Å²) < 4.78 is 2.03. The van der Waals surface area contributed by atoms with Crippen molar-refractivity contribution >= 4 is 33.4 Å². The van der Waals surface area contributed by atoms with Crippen molar-refractivity contribution < 1.29 is 0 Å². The highest BCUT2D eigenvalue weighted by Crippen LogP contribution is 2.34. The second-order valence-electron chi connectivity index (χ2n) is 8.61.